The Morgan fingerprint density at radius 1 is 1.19 bits per heavy atom. The Morgan fingerprint density at radius 3 is 2.25 bits per heavy atom. The zero-order valence-corrected chi connectivity index (χ0v) is 9.63. The van der Waals surface area contributed by atoms with Gasteiger partial charge in [0.1, 0.15) is 0 Å². The van der Waals surface area contributed by atoms with Gasteiger partial charge in [0.25, 0.3) is 0 Å². The number of benzene rings is 1. The maximum atomic E-state index is 9.43. The summed E-state index contributed by atoms with van der Waals surface area (Å²) in [5.74, 6) is 0. The van der Waals surface area contributed by atoms with E-state index in [9.17, 15) is 10.2 Å². The number of nitrogens with zero attached hydrogens (tertiary/aromatic N) is 1. The summed E-state index contributed by atoms with van der Waals surface area (Å²) >= 11 is 0. The third-order valence-corrected chi connectivity index (χ3v) is 3.21. The monoisotopic (exact) mass is 221 g/mol. The predicted octanol–water partition coefficient (Wildman–Crippen LogP) is 1.70. The molecule has 0 unspecified atom stereocenters. The minimum absolute atomic E-state index is 0.131. The summed E-state index contributed by atoms with van der Waals surface area (Å²) in [6.07, 6.45) is 1.15. The highest BCUT2D eigenvalue weighted by molar-refractivity contribution is 5.48. The zero-order valence-electron chi connectivity index (χ0n) is 9.63. The maximum Gasteiger partial charge on any atom is 0.0761 e. The van der Waals surface area contributed by atoms with E-state index >= 15 is 0 Å². The van der Waals surface area contributed by atoms with Crippen LogP contribution in [0.25, 0.3) is 0 Å². The summed E-state index contributed by atoms with van der Waals surface area (Å²) in [6, 6.07) is 8.01. The molecule has 1 aliphatic rings. The number of piperidine rings is 1. The van der Waals surface area contributed by atoms with Crippen molar-refractivity contribution in [3.8, 4) is 0 Å². The van der Waals surface area contributed by atoms with Gasteiger partial charge in [-0.05, 0) is 37.5 Å². The van der Waals surface area contributed by atoms with E-state index in [1.54, 1.807) is 6.92 Å². The molecule has 0 amide bonds. The molecule has 1 aromatic carbocycles. The molecule has 0 saturated carbocycles. The molecule has 2 rings (SSSR count). The second-order valence-corrected chi connectivity index (χ2v) is 4.49. The van der Waals surface area contributed by atoms with Crippen LogP contribution in [0.15, 0.2) is 24.3 Å². The van der Waals surface area contributed by atoms with Gasteiger partial charge in [0.05, 0.1) is 12.2 Å². The van der Waals surface area contributed by atoms with Gasteiger partial charge in [-0.15, -0.1) is 0 Å². The van der Waals surface area contributed by atoms with Gasteiger partial charge >= 0.3 is 0 Å². The van der Waals surface area contributed by atoms with Crippen LogP contribution >= 0.6 is 0 Å². The molecule has 1 saturated heterocycles. The normalized spacial score (nSPS) is 19.8. The highest BCUT2D eigenvalue weighted by Crippen LogP contribution is 2.22. The van der Waals surface area contributed by atoms with E-state index in [1.165, 1.54) is 5.69 Å². The van der Waals surface area contributed by atoms with Crippen molar-refractivity contribution in [2.45, 2.75) is 32.0 Å². The zero-order chi connectivity index (χ0) is 11.5. The number of aliphatic hydroxyl groups is 2. The molecule has 3 heteroatoms. The number of aliphatic hydroxyl groups excluding tert-OH is 2. The van der Waals surface area contributed by atoms with Crippen LogP contribution in [0.3, 0.4) is 0 Å². The number of hydrogen-bond acceptors (Lipinski definition) is 3. The van der Waals surface area contributed by atoms with Crippen LogP contribution < -0.4 is 4.90 Å². The minimum Gasteiger partial charge on any atom is -0.393 e. The van der Waals surface area contributed by atoms with Crippen LogP contribution in [-0.4, -0.2) is 29.4 Å². The van der Waals surface area contributed by atoms with E-state index in [2.05, 4.69) is 4.90 Å². The summed E-state index contributed by atoms with van der Waals surface area (Å²) < 4.78 is 0. The van der Waals surface area contributed by atoms with E-state index in [-0.39, 0.29) is 6.10 Å². The SMILES string of the molecule is C[C@H](O)c1ccc(N2CCC(O)CC2)cc1. The molecule has 0 spiro atoms. The van der Waals surface area contributed by atoms with Crippen molar-refractivity contribution in [1.82, 2.24) is 0 Å². The molecule has 1 heterocycles. The van der Waals surface area contributed by atoms with Crippen LogP contribution in [0.1, 0.15) is 31.4 Å². The van der Waals surface area contributed by atoms with E-state index in [0.29, 0.717) is 0 Å². The van der Waals surface area contributed by atoms with Gasteiger partial charge in [-0.2, -0.15) is 0 Å². The molecule has 0 radical (unpaired) electrons. The smallest absolute Gasteiger partial charge is 0.0761 e. The Hall–Kier alpha value is -1.06. The fraction of sp³-hybridized carbons (Fsp3) is 0.538. The summed E-state index contributed by atoms with van der Waals surface area (Å²) in [4.78, 5) is 2.28. The fourth-order valence-electron chi connectivity index (χ4n) is 2.09. The summed E-state index contributed by atoms with van der Waals surface area (Å²) in [7, 11) is 0. The van der Waals surface area contributed by atoms with Crippen LogP contribution in [0.4, 0.5) is 5.69 Å². The van der Waals surface area contributed by atoms with Gasteiger partial charge < -0.3 is 15.1 Å². The second kappa shape index (κ2) is 4.85. The molecule has 0 aliphatic carbocycles. The third-order valence-electron chi connectivity index (χ3n) is 3.21. The Kier molecular flexibility index (Phi) is 3.46. The van der Waals surface area contributed by atoms with Crippen molar-refractivity contribution in [1.29, 1.82) is 0 Å². The Morgan fingerprint density at radius 2 is 1.75 bits per heavy atom. The molecule has 0 aromatic heterocycles. The van der Waals surface area contributed by atoms with Crippen LogP contribution in [-0.2, 0) is 0 Å². The molecule has 88 valence electrons. The topological polar surface area (TPSA) is 43.7 Å². The molecule has 16 heavy (non-hydrogen) atoms. The Balaban J connectivity index is 2.04. The molecular weight excluding hydrogens is 202 g/mol. The lowest BCUT2D eigenvalue weighted by molar-refractivity contribution is 0.145. The van der Waals surface area contributed by atoms with Crippen molar-refractivity contribution in [2.24, 2.45) is 0 Å². The molecule has 2 N–H and O–H groups in total. The highest BCUT2D eigenvalue weighted by Gasteiger charge is 2.17. The first kappa shape index (κ1) is 11.4. The molecule has 1 aliphatic heterocycles. The summed E-state index contributed by atoms with van der Waals surface area (Å²) in [5.41, 5.74) is 2.12. The van der Waals surface area contributed by atoms with Gasteiger partial charge in [0.15, 0.2) is 0 Å². The Bertz CT molecular complexity index is 326. The average molecular weight is 221 g/mol. The van der Waals surface area contributed by atoms with Gasteiger partial charge in [0.2, 0.25) is 0 Å². The first-order valence-corrected chi connectivity index (χ1v) is 5.88. The molecule has 1 fully saturated rings. The minimum atomic E-state index is -0.405. The average Bonchev–Trinajstić information content (AvgIpc) is 2.30. The molecule has 0 bridgehead atoms. The first-order chi connectivity index (χ1) is 7.66. The highest BCUT2D eigenvalue weighted by atomic mass is 16.3. The lowest BCUT2D eigenvalue weighted by Crippen LogP contribution is -2.35. The number of anilines is 1. The molecule has 1 atom stereocenters. The number of hydrogen-bond donors (Lipinski definition) is 2. The summed E-state index contributed by atoms with van der Waals surface area (Å²) in [5, 5.41) is 18.8. The van der Waals surface area contributed by atoms with E-state index in [0.717, 1.165) is 31.5 Å². The van der Waals surface area contributed by atoms with Gasteiger partial charge in [0, 0.05) is 18.8 Å². The van der Waals surface area contributed by atoms with E-state index in [4.69, 9.17) is 0 Å². The van der Waals surface area contributed by atoms with Crippen LogP contribution in [0, 0.1) is 0 Å². The van der Waals surface area contributed by atoms with E-state index < -0.39 is 6.10 Å². The van der Waals surface area contributed by atoms with Crippen molar-refractivity contribution in [3.05, 3.63) is 29.8 Å². The van der Waals surface area contributed by atoms with Gasteiger partial charge in [-0.3, -0.25) is 0 Å². The maximum absolute atomic E-state index is 9.43. The first-order valence-electron chi connectivity index (χ1n) is 5.88. The van der Waals surface area contributed by atoms with Gasteiger partial charge in [-0.25, -0.2) is 0 Å². The Labute approximate surface area is 96.3 Å². The number of rotatable bonds is 2. The standard InChI is InChI=1S/C13H19NO2/c1-10(15)11-2-4-12(5-3-11)14-8-6-13(16)7-9-14/h2-5,10,13,15-16H,6-9H2,1H3/t10-/m0/s1. The molecule has 3 nitrogen and oxygen atoms in total. The fourth-order valence-corrected chi connectivity index (χ4v) is 2.09. The van der Waals surface area contributed by atoms with Crippen LogP contribution in [0.5, 0.6) is 0 Å². The largest absolute Gasteiger partial charge is 0.393 e. The van der Waals surface area contributed by atoms with E-state index in [1.807, 2.05) is 24.3 Å². The van der Waals surface area contributed by atoms with Crippen LogP contribution in [0.2, 0.25) is 0 Å². The van der Waals surface area contributed by atoms with Crippen molar-refractivity contribution in [2.75, 3.05) is 18.0 Å². The van der Waals surface area contributed by atoms with Crippen molar-refractivity contribution < 1.29 is 10.2 Å². The van der Waals surface area contributed by atoms with Crippen molar-refractivity contribution >= 4 is 5.69 Å². The predicted molar refractivity (Wildman–Crippen MR) is 64.5 cm³/mol. The van der Waals surface area contributed by atoms with Gasteiger partial charge in [-0.1, -0.05) is 12.1 Å². The molecule has 1 aromatic rings. The lowest BCUT2D eigenvalue weighted by atomic mass is 10.1. The quantitative estimate of drug-likeness (QED) is 0.799. The molecular formula is C13H19NO2. The lowest BCUT2D eigenvalue weighted by Gasteiger charge is -2.31. The third kappa shape index (κ3) is 2.54. The summed E-state index contributed by atoms with van der Waals surface area (Å²) in [6.45, 7) is 3.59. The van der Waals surface area contributed by atoms with Crippen molar-refractivity contribution in [3.63, 3.8) is 0 Å². The second-order valence-electron chi connectivity index (χ2n) is 4.49.